The van der Waals surface area contributed by atoms with Crippen LogP contribution < -0.4 is 0 Å². The second-order valence-corrected chi connectivity index (χ2v) is 6.54. The molecule has 0 fully saturated rings. The summed E-state index contributed by atoms with van der Waals surface area (Å²) in [5, 5.41) is 16.0. The Morgan fingerprint density at radius 3 is 1.68 bits per heavy atom. The molecule has 0 saturated carbocycles. The summed E-state index contributed by atoms with van der Waals surface area (Å²) in [6, 6.07) is 6.97. The molecule has 1 aromatic carbocycles. The Kier molecular flexibility index (Phi) is 11.4. The minimum atomic E-state index is -0.163. The topological polar surface area (TPSA) is 77.8 Å². The van der Waals surface area contributed by atoms with Gasteiger partial charge in [0.25, 0.3) is 11.8 Å². The highest BCUT2D eigenvalue weighted by Crippen LogP contribution is 2.22. The standard InChI is InChI=1S/C12H13NO2.C5H12O.C3H6O/c1-8(2)7-13-11(14)9-5-3-4-6-10(9)12(13)15;1-5(2)3-4-6;1-2-3-4/h3-6,8H,7H2,1-2H3;5-6H,3-4H2,1-2H3;2,4H,1,3H2. The fourth-order valence-corrected chi connectivity index (χ4v) is 2.03. The van der Waals surface area contributed by atoms with Crippen molar-refractivity contribution in [1.82, 2.24) is 4.90 Å². The summed E-state index contributed by atoms with van der Waals surface area (Å²) in [6.45, 7) is 12.3. The van der Waals surface area contributed by atoms with Crippen LogP contribution in [0.1, 0.15) is 54.8 Å². The second-order valence-electron chi connectivity index (χ2n) is 6.54. The van der Waals surface area contributed by atoms with Gasteiger partial charge in [-0.15, -0.1) is 6.58 Å². The fraction of sp³-hybridized carbons (Fsp3) is 0.500. The highest BCUT2D eigenvalue weighted by molar-refractivity contribution is 6.21. The van der Waals surface area contributed by atoms with Gasteiger partial charge < -0.3 is 10.2 Å². The van der Waals surface area contributed by atoms with Crippen molar-refractivity contribution in [2.24, 2.45) is 11.8 Å². The summed E-state index contributed by atoms with van der Waals surface area (Å²) in [4.78, 5) is 25.0. The quantitative estimate of drug-likeness (QED) is 0.632. The number of benzene rings is 1. The van der Waals surface area contributed by atoms with Gasteiger partial charge in [-0.05, 0) is 30.4 Å². The number of fused-ring (bicyclic) bond motifs is 1. The summed E-state index contributed by atoms with van der Waals surface area (Å²) in [6.07, 6.45) is 2.36. The van der Waals surface area contributed by atoms with E-state index in [4.69, 9.17) is 10.2 Å². The van der Waals surface area contributed by atoms with Crippen LogP contribution in [0, 0.1) is 11.8 Å². The van der Waals surface area contributed by atoms with E-state index in [9.17, 15) is 9.59 Å². The molecular formula is C20H31NO4. The molecule has 0 spiro atoms. The first-order valence-electron chi connectivity index (χ1n) is 8.57. The molecule has 1 aliphatic heterocycles. The molecule has 5 nitrogen and oxygen atoms in total. The maximum atomic E-state index is 11.8. The average molecular weight is 349 g/mol. The second kappa shape index (κ2) is 12.4. The van der Waals surface area contributed by atoms with Gasteiger partial charge in [0.2, 0.25) is 0 Å². The Labute approximate surface area is 151 Å². The van der Waals surface area contributed by atoms with Crippen molar-refractivity contribution in [3.63, 3.8) is 0 Å². The van der Waals surface area contributed by atoms with Crippen molar-refractivity contribution < 1.29 is 19.8 Å². The Balaban J connectivity index is 0.000000481. The van der Waals surface area contributed by atoms with Crippen molar-refractivity contribution >= 4 is 11.8 Å². The predicted octanol–water partition coefficient (Wildman–Crippen LogP) is 3.13. The van der Waals surface area contributed by atoms with E-state index in [1.54, 1.807) is 24.3 Å². The highest BCUT2D eigenvalue weighted by atomic mass is 16.3. The number of hydrogen-bond donors (Lipinski definition) is 2. The first-order chi connectivity index (χ1) is 11.8. The average Bonchev–Trinajstić information content (AvgIpc) is 2.81. The van der Waals surface area contributed by atoms with E-state index in [1.165, 1.54) is 11.0 Å². The van der Waals surface area contributed by atoms with Crippen LogP contribution in [0.25, 0.3) is 0 Å². The van der Waals surface area contributed by atoms with Gasteiger partial charge in [0.1, 0.15) is 0 Å². The van der Waals surface area contributed by atoms with E-state index in [-0.39, 0.29) is 18.4 Å². The lowest BCUT2D eigenvalue weighted by Crippen LogP contribution is -2.33. The van der Waals surface area contributed by atoms with Gasteiger partial charge in [0, 0.05) is 13.2 Å². The van der Waals surface area contributed by atoms with E-state index in [0.29, 0.717) is 36.1 Å². The van der Waals surface area contributed by atoms with Crippen LogP contribution in [0.4, 0.5) is 0 Å². The number of carbonyl (C=O) groups is 2. The van der Waals surface area contributed by atoms with Crippen LogP contribution in [-0.4, -0.2) is 46.7 Å². The van der Waals surface area contributed by atoms with Gasteiger partial charge in [-0.25, -0.2) is 0 Å². The molecule has 1 heterocycles. The largest absolute Gasteiger partial charge is 0.396 e. The SMILES string of the molecule is C=CCO.CC(C)CCO.CC(C)CN1C(=O)c2ccccc2C1=O. The van der Waals surface area contributed by atoms with Gasteiger partial charge in [0.05, 0.1) is 17.7 Å². The molecule has 0 atom stereocenters. The van der Waals surface area contributed by atoms with Gasteiger partial charge in [-0.2, -0.15) is 0 Å². The molecule has 5 heteroatoms. The van der Waals surface area contributed by atoms with Crippen LogP contribution in [0.3, 0.4) is 0 Å². The van der Waals surface area contributed by atoms with E-state index in [0.717, 1.165) is 6.42 Å². The van der Waals surface area contributed by atoms with E-state index in [2.05, 4.69) is 20.4 Å². The van der Waals surface area contributed by atoms with Crippen LogP contribution >= 0.6 is 0 Å². The summed E-state index contributed by atoms with van der Waals surface area (Å²) < 4.78 is 0. The molecule has 1 aliphatic rings. The van der Waals surface area contributed by atoms with E-state index >= 15 is 0 Å². The zero-order chi connectivity index (χ0) is 19.4. The van der Waals surface area contributed by atoms with Gasteiger partial charge >= 0.3 is 0 Å². The first-order valence-corrected chi connectivity index (χ1v) is 8.57. The molecule has 25 heavy (non-hydrogen) atoms. The van der Waals surface area contributed by atoms with Gasteiger partial charge in [-0.3, -0.25) is 14.5 Å². The summed E-state index contributed by atoms with van der Waals surface area (Å²) >= 11 is 0. The van der Waals surface area contributed by atoms with Crippen molar-refractivity contribution in [1.29, 1.82) is 0 Å². The number of amides is 2. The van der Waals surface area contributed by atoms with Crippen molar-refractivity contribution in [2.45, 2.75) is 34.1 Å². The molecular weight excluding hydrogens is 318 g/mol. The Hall–Kier alpha value is -1.98. The lowest BCUT2D eigenvalue weighted by Gasteiger charge is -2.15. The van der Waals surface area contributed by atoms with Crippen LogP contribution in [0.5, 0.6) is 0 Å². The monoisotopic (exact) mass is 349 g/mol. The first kappa shape index (κ1) is 23.0. The maximum absolute atomic E-state index is 11.8. The number of carbonyl (C=O) groups excluding carboxylic acids is 2. The number of hydrogen-bond acceptors (Lipinski definition) is 4. The number of aliphatic hydroxyl groups excluding tert-OH is 2. The maximum Gasteiger partial charge on any atom is 0.261 e. The van der Waals surface area contributed by atoms with Gasteiger partial charge in [-0.1, -0.05) is 45.9 Å². The number of nitrogens with zero attached hydrogens (tertiary/aromatic N) is 1. The van der Waals surface area contributed by atoms with Crippen molar-refractivity contribution in [2.75, 3.05) is 19.8 Å². The van der Waals surface area contributed by atoms with Crippen molar-refractivity contribution in [3.8, 4) is 0 Å². The molecule has 0 aromatic heterocycles. The molecule has 0 unspecified atom stereocenters. The minimum absolute atomic E-state index is 0.0833. The number of aliphatic hydroxyl groups is 2. The molecule has 0 bridgehead atoms. The van der Waals surface area contributed by atoms with Crippen molar-refractivity contribution in [3.05, 3.63) is 48.0 Å². The predicted molar refractivity (Wildman–Crippen MR) is 100 cm³/mol. The molecule has 2 rings (SSSR count). The molecule has 2 N–H and O–H groups in total. The Bertz CT molecular complexity index is 517. The smallest absolute Gasteiger partial charge is 0.261 e. The highest BCUT2D eigenvalue weighted by Gasteiger charge is 2.34. The van der Waals surface area contributed by atoms with Gasteiger partial charge in [0.15, 0.2) is 0 Å². The van der Waals surface area contributed by atoms with Crippen LogP contribution in [0.15, 0.2) is 36.9 Å². The summed E-state index contributed by atoms with van der Waals surface area (Å²) in [5.74, 6) is 0.621. The summed E-state index contributed by atoms with van der Waals surface area (Å²) in [7, 11) is 0. The molecule has 0 saturated heterocycles. The molecule has 0 radical (unpaired) electrons. The third-order valence-electron chi connectivity index (χ3n) is 3.26. The normalized spacial score (nSPS) is 12.4. The third-order valence-corrected chi connectivity index (χ3v) is 3.26. The van der Waals surface area contributed by atoms with Crippen LogP contribution in [-0.2, 0) is 0 Å². The molecule has 1 aromatic rings. The number of imide groups is 1. The molecule has 0 aliphatic carbocycles. The van der Waals surface area contributed by atoms with E-state index < -0.39 is 0 Å². The van der Waals surface area contributed by atoms with Crippen LogP contribution in [0.2, 0.25) is 0 Å². The van der Waals surface area contributed by atoms with E-state index in [1.807, 2.05) is 13.8 Å². The molecule has 140 valence electrons. The Morgan fingerprint density at radius 1 is 1.00 bits per heavy atom. The minimum Gasteiger partial charge on any atom is -0.396 e. The number of rotatable bonds is 5. The summed E-state index contributed by atoms with van der Waals surface area (Å²) in [5.41, 5.74) is 1.06. The lowest BCUT2D eigenvalue weighted by atomic mass is 10.1. The lowest BCUT2D eigenvalue weighted by molar-refractivity contribution is 0.0636. The fourth-order valence-electron chi connectivity index (χ4n) is 2.03. The zero-order valence-electron chi connectivity index (χ0n) is 15.7. The molecule has 2 amide bonds. The zero-order valence-corrected chi connectivity index (χ0v) is 15.7. The third kappa shape index (κ3) is 8.09. The Morgan fingerprint density at radius 2 is 1.44 bits per heavy atom.